The normalized spacial score (nSPS) is 11.9. The second-order valence-electron chi connectivity index (χ2n) is 10.3. The van der Waals surface area contributed by atoms with Crippen LogP contribution in [0.3, 0.4) is 0 Å². The number of anilines is 1. The van der Waals surface area contributed by atoms with Crippen LogP contribution in [-0.2, 0) is 32.6 Å². The highest BCUT2D eigenvalue weighted by atomic mass is 35.5. The Labute approximate surface area is 269 Å². The number of hydrogen-bond donors (Lipinski definition) is 1. The van der Waals surface area contributed by atoms with Crippen LogP contribution in [0.25, 0.3) is 0 Å². The van der Waals surface area contributed by atoms with Crippen LogP contribution < -0.4 is 9.62 Å². The maximum absolute atomic E-state index is 14.4. The largest absolute Gasteiger partial charge is 0.354 e. The fraction of sp³-hybridized carbons (Fsp3) is 0.235. The van der Waals surface area contributed by atoms with Gasteiger partial charge in [-0.3, -0.25) is 13.9 Å². The number of para-hydroxylation sites is 1. The van der Waals surface area contributed by atoms with E-state index in [9.17, 15) is 18.0 Å². The fourth-order valence-electron chi connectivity index (χ4n) is 4.75. The summed E-state index contributed by atoms with van der Waals surface area (Å²) in [6, 6.07) is 29.8. The molecule has 1 atom stereocenters. The molecule has 7 nitrogen and oxygen atoms in total. The molecule has 4 aromatic rings. The number of nitrogens with one attached hydrogen (secondary N) is 1. The van der Waals surface area contributed by atoms with Crippen molar-refractivity contribution in [3.05, 3.63) is 130 Å². The van der Waals surface area contributed by atoms with Crippen molar-refractivity contribution in [1.29, 1.82) is 0 Å². The Kier molecular flexibility index (Phi) is 11.8. The molecule has 4 rings (SSSR count). The number of halogens is 2. The quantitative estimate of drug-likeness (QED) is 0.153. The smallest absolute Gasteiger partial charge is 0.264 e. The van der Waals surface area contributed by atoms with Gasteiger partial charge in [0.05, 0.1) is 10.6 Å². The minimum absolute atomic E-state index is 0.0157. The van der Waals surface area contributed by atoms with E-state index in [0.717, 1.165) is 22.7 Å². The van der Waals surface area contributed by atoms with Crippen molar-refractivity contribution in [1.82, 2.24) is 10.2 Å². The molecule has 2 amide bonds. The predicted octanol–water partition coefficient (Wildman–Crippen LogP) is 6.75. The van der Waals surface area contributed by atoms with Gasteiger partial charge in [0.1, 0.15) is 12.6 Å². The van der Waals surface area contributed by atoms with E-state index >= 15 is 0 Å². The number of rotatable bonds is 14. The van der Waals surface area contributed by atoms with Crippen LogP contribution in [0.5, 0.6) is 0 Å². The van der Waals surface area contributed by atoms with Crippen LogP contribution in [0.2, 0.25) is 10.0 Å². The van der Waals surface area contributed by atoms with Gasteiger partial charge in [-0.15, -0.1) is 0 Å². The third-order valence-corrected chi connectivity index (χ3v) is 9.34. The molecule has 230 valence electrons. The zero-order valence-electron chi connectivity index (χ0n) is 24.4. The number of carbonyl (C=O) groups excluding carboxylic acids is 2. The topological polar surface area (TPSA) is 86.8 Å². The molecule has 0 fully saturated rings. The first-order valence-electron chi connectivity index (χ1n) is 14.4. The summed E-state index contributed by atoms with van der Waals surface area (Å²) in [5, 5.41) is 3.85. The molecule has 0 saturated heterocycles. The Morgan fingerprint density at radius 3 is 2.07 bits per heavy atom. The monoisotopic (exact) mass is 651 g/mol. The fourth-order valence-corrected chi connectivity index (χ4v) is 6.50. The number of amides is 2. The van der Waals surface area contributed by atoms with Crippen molar-refractivity contribution in [2.45, 2.75) is 43.7 Å². The predicted molar refractivity (Wildman–Crippen MR) is 176 cm³/mol. The van der Waals surface area contributed by atoms with Gasteiger partial charge in [0.15, 0.2) is 0 Å². The third kappa shape index (κ3) is 8.85. The molecular formula is C34H35Cl2N3O4S. The maximum atomic E-state index is 14.4. The van der Waals surface area contributed by atoms with E-state index in [0.29, 0.717) is 27.8 Å². The zero-order valence-corrected chi connectivity index (χ0v) is 26.7. The first-order chi connectivity index (χ1) is 21.2. The number of nitrogens with zero attached hydrogens (tertiary/aromatic N) is 2. The second kappa shape index (κ2) is 15.7. The van der Waals surface area contributed by atoms with E-state index in [1.165, 1.54) is 29.2 Å². The van der Waals surface area contributed by atoms with Crippen LogP contribution in [0.4, 0.5) is 5.69 Å². The van der Waals surface area contributed by atoms with Gasteiger partial charge in [-0.2, -0.15) is 0 Å². The Hall–Kier alpha value is -3.85. The molecule has 0 spiro atoms. The average Bonchev–Trinajstić information content (AvgIpc) is 3.02. The lowest BCUT2D eigenvalue weighted by Crippen LogP contribution is -2.53. The lowest BCUT2D eigenvalue weighted by atomic mass is 10.0. The molecular weight excluding hydrogens is 617 g/mol. The lowest BCUT2D eigenvalue weighted by Gasteiger charge is -2.34. The summed E-state index contributed by atoms with van der Waals surface area (Å²) in [7, 11) is -4.20. The molecule has 0 aliphatic heterocycles. The van der Waals surface area contributed by atoms with Gasteiger partial charge >= 0.3 is 0 Å². The number of carbonyl (C=O) groups is 2. The van der Waals surface area contributed by atoms with Crippen molar-refractivity contribution < 1.29 is 18.0 Å². The van der Waals surface area contributed by atoms with Crippen molar-refractivity contribution in [3.8, 4) is 0 Å². The molecule has 0 heterocycles. The average molecular weight is 653 g/mol. The summed E-state index contributed by atoms with van der Waals surface area (Å²) in [5.41, 5.74) is 1.88. The Morgan fingerprint density at radius 1 is 0.795 bits per heavy atom. The zero-order chi connectivity index (χ0) is 31.5. The van der Waals surface area contributed by atoms with Gasteiger partial charge in [0, 0.05) is 29.6 Å². The van der Waals surface area contributed by atoms with Crippen molar-refractivity contribution in [3.63, 3.8) is 0 Å². The lowest BCUT2D eigenvalue weighted by molar-refractivity contribution is -0.140. The standard InChI is InChI=1S/C34H35Cl2N3O4S/c1-2-3-21-37-34(41)32(23-26-11-6-4-7-12-26)38(24-27-13-10-14-29(36)22-27)33(40)25-39(30-15-8-5-9-16-30)44(42,43)31-19-17-28(35)18-20-31/h4-20,22,32H,2-3,21,23-25H2,1H3,(H,37,41)/t32-/m1/s1. The summed E-state index contributed by atoms with van der Waals surface area (Å²) in [6.45, 7) is 1.99. The Balaban J connectivity index is 1.77. The molecule has 1 N–H and O–H groups in total. The number of benzene rings is 4. The van der Waals surface area contributed by atoms with Gasteiger partial charge < -0.3 is 10.2 Å². The van der Waals surface area contributed by atoms with Crippen LogP contribution in [-0.4, -0.2) is 44.3 Å². The number of sulfonamides is 1. The minimum Gasteiger partial charge on any atom is -0.354 e. The molecule has 0 bridgehead atoms. The van der Waals surface area contributed by atoms with Crippen molar-refractivity contribution >= 4 is 50.7 Å². The van der Waals surface area contributed by atoms with Crippen LogP contribution in [0.1, 0.15) is 30.9 Å². The van der Waals surface area contributed by atoms with E-state index < -0.39 is 28.5 Å². The first kappa shape index (κ1) is 33.1. The summed E-state index contributed by atoms with van der Waals surface area (Å²) < 4.78 is 29.0. The summed E-state index contributed by atoms with van der Waals surface area (Å²) in [6.07, 6.45) is 1.91. The third-order valence-electron chi connectivity index (χ3n) is 7.07. The summed E-state index contributed by atoms with van der Waals surface area (Å²) in [5.74, 6) is -0.859. The van der Waals surface area contributed by atoms with Gasteiger partial charge in [0.25, 0.3) is 10.0 Å². The van der Waals surface area contributed by atoms with Gasteiger partial charge in [-0.05, 0) is 66.1 Å². The highest BCUT2D eigenvalue weighted by molar-refractivity contribution is 7.92. The van der Waals surface area contributed by atoms with E-state index in [2.05, 4.69) is 5.32 Å². The molecule has 4 aromatic carbocycles. The number of unbranched alkanes of at least 4 members (excludes halogenated alkanes) is 1. The second-order valence-corrected chi connectivity index (χ2v) is 13.0. The first-order valence-corrected chi connectivity index (χ1v) is 16.6. The summed E-state index contributed by atoms with van der Waals surface area (Å²) in [4.78, 5) is 29.6. The Bertz CT molecular complexity index is 1640. The van der Waals surface area contributed by atoms with E-state index in [1.54, 1.807) is 48.5 Å². The van der Waals surface area contributed by atoms with E-state index in [1.807, 2.05) is 43.3 Å². The van der Waals surface area contributed by atoms with E-state index in [4.69, 9.17) is 23.2 Å². The maximum Gasteiger partial charge on any atom is 0.264 e. The van der Waals surface area contributed by atoms with Gasteiger partial charge in [-0.1, -0.05) is 97.2 Å². The van der Waals surface area contributed by atoms with Crippen molar-refractivity contribution in [2.24, 2.45) is 0 Å². The van der Waals surface area contributed by atoms with Crippen molar-refractivity contribution in [2.75, 3.05) is 17.4 Å². The molecule has 0 aromatic heterocycles. The van der Waals surface area contributed by atoms with E-state index in [-0.39, 0.29) is 23.8 Å². The van der Waals surface area contributed by atoms with Gasteiger partial charge in [-0.25, -0.2) is 8.42 Å². The molecule has 0 aliphatic carbocycles. The summed E-state index contributed by atoms with van der Waals surface area (Å²) >= 11 is 12.3. The molecule has 44 heavy (non-hydrogen) atoms. The Morgan fingerprint density at radius 2 is 1.43 bits per heavy atom. The highest BCUT2D eigenvalue weighted by Crippen LogP contribution is 2.26. The SMILES string of the molecule is CCCCNC(=O)[C@@H](Cc1ccccc1)N(Cc1cccc(Cl)c1)C(=O)CN(c1ccccc1)S(=O)(=O)c1ccc(Cl)cc1. The molecule has 10 heteroatoms. The van der Waals surface area contributed by atoms with Crippen LogP contribution in [0, 0.1) is 0 Å². The van der Waals surface area contributed by atoms with Crippen LogP contribution >= 0.6 is 23.2 Å². The molecule has 0 radical (unpaired) electrons. The van der Waals surface area contributed by atoms with Gasteiger partial charge in [0.2, 0.25) is 11.8 Å². The number of hydrogen-bond acceptors (Lipinski definition) is 4. The van der Waals surface area contributed by atoms with Crippen LogP contribution in [0.15, 0.2) is 114 Å². The molecule has 0 unspecified atom stereocenters. The highest BCUT2D eigenvalue weighted by Gasteiger charge is 2.34. The molecule has 0 saturated carbocycles. The minimum atomic E-state index is -4.20. The molecule has 0 aliphatic rings.